The Kier molecular flexibility index (Phi) is 7.79. The van der Waals surface area contributed by atoms with E-state index in [0.29, 0.717) is 17.5 Å². The molecule has 4 heteroatoms. The Bertz CT molecular complexity index is 2360. The molecule has 2 aromatic heterocycles. The maximum absolute atomic E-state index is 5.00. The molecule has 0 saturated carbocycles. The van der Waals surface area contributed by atoms with Gasteiger partial charge in [0.25, 0.3) is 0 Å². The summed E-state index contributed by atoms with van der Waals surface area (Å²) in [6.45, 7) is 14.3. The van der Waals surface area contributed by atoms with Gasteiger partial charge in [-0.05, 0) is 62.3 Å². The maximum Gasteiger partial charge on any atom is 0.164 e. The minimum Gasteiger partial charge on any atom is -0.256 e. The SMILES string of the molecule is CC1(C)c2ccc(-c3ccc(-c4ccc(-c5nc(-c6ccccc6)nc(-c6cccc(-c7ccccc7)c6)n5)cc4)cn3)cc2C(C)(C)C1(C)C. The Morgan fingerprint density at radius 3 is 1.45 bits per heavy atom. The van der Waals surface area contributed by atoms with Crippen molar-refractivity contribution >= 4 is 0 Å². The van der Waals surface area contributed by atoms with Gasteiger partial charge in [-0.15, -0.1) is 0 Å². The van der Waals surface area contributed by atoms with Crippen LogP contribution in [0.4, 0.5) is 0 Å². The third-order valence-electron chi connectivity index (χ3n) is 11.9. The van der Waals surface area contributed by atoms with E-state index in [4.69, 9.17) is 19.9 Å². The van der Waals surface area contributed by atoms with Crippen LogP contribution in [0, 0.1) is 5.41 Å². The number of benzene rings is 5. The topological polar surface area (TPSA) is 51.6 Å². The van der Waals surface area contributed by atoms with Crippen LogP contribution in [0.15, 0.2) is 146 Å². The number of rotatable bonds is 6. The van der Waals surface area contributed by atoms with Crippen LogP contribution < -0.4 is 0 Å². The third kappa shape index (κ3) is 5.56. The van der Waals surface area contributed by atoms with Crippen molar-refractivity contribution in [3.05, 3.63) is 157 Å². The molecule has 0 N–H and O–H groups in total. The van der Waals surface area contributed by atoms with Crippen molar-refractivity contribution in [1.29, 1.82) is 0 Å². The molecule has 0 atom stereocenters. The predicted molar refractivity (Wildman–Crippen MR) is 210 cm³/mol. The van der Waals surface area contributed by atoms with E-state index in [-0.39, 0.29) is 16.2 Å². The lowest BCUT2D eigenvalue weighted by atomic mass is 9.59. The van der Waals surface area contributed by atoms with Crippen molar-refractivity contribution < 1.29 is 0 Å². The summed E-state index contributed by atoms with van der Waals surface area (Å²) in [7, 11) is 0. The largest absolute Gasteiger partial charge is 0.256 e. The fourth-order valence-corrected chi connectivity index (χ4v) is 7.59. The van der Waals surface area contributed by atoms with Gasteiger partial charge in [0.05, 0.1) is 5.69 Å². The smallest absolute Gasteiger partial charge is 0.164 e. The fraction of sp³-hybridized carbons (Fsp3) is 0.191. The van der Waals surface area contributed by atoms with Crippen molar-refractivity contribution in [2.75, 3.05) is 0 Å². The molecule has 0 radical (unpaired) electrons. The predicted octanol–water partition coefficient (Wildman–Crippen LogP) is 11.9. The van der Waals surface area contributed by atoms with Crippen LogP contribution >= 0.6 is 0 Å². The number of aromatic nitrogens is 4. The standard InChI is InChI=1S/C47H42N4/c1-45(2)39-26-24-36(29-40(39)46(3,4)47(45,5)6)41-27-25-38(30-48-41)32-20-22-34(23-21-32)43-49-42(33-16-11-8-12-17-33)50-44(51-43)37-19-13-18-35(28-37)31-14-9-7-10-15-31/h7-30H,1-6H3. The Balaban J connectivity index is 1.10. The molecule has 2 heterocycles. The zero-order valence-corrected chi connectivity index (χ0v) is 30.1. The van der Waals surface area contributed by atoms with Gasteiger partial charge in [0.1, 0.15) is 0 Å². The van der Waals surface area contributed by atoms with E-state index in [0.717, 1.165) is 50.2 Å². The van der Waals surface area contributed by atoms with Crippen molar-refractivity contribution in [3.63, 3.8) is 0 Å². The first-order valence-corrected chi connectivity index (χ1v) is 17.7. The first-order chi connectivity index (χ1) is 24.5. The molecule has 0 bridgehead atoms. The molecule has 0 amide bonds. The Morgan fingerprint density at radius 2 is 0.824 bits per heavy atom. The zero-order valence-electron chi connectivity index (χ0n) is 30.1. The molecule has 8 rings (SSSR count). The second-order valence-electron chi connectivity index (χ2n) is 15.3. The van der Waals surface area contributed by atoms with Gasteiger partial charge in [0.2, 0.25) is 0 Å². The molecule has 0 spiro atoms. The van der Waals surface area contributed by atoms with Crippen LogP contribution in [0.25, 0.3) is 67.7 Å². The van der Waals surface area contributed by atoms with Gasteiger partial charge in [-0.2, -0.15) is 0 Å². The summed E-state index contributed by atoms with van der Waals surface area (Å²) < 4.78 is 0. The summed E-state index contributed by atoms with van der Waals surface area (Å²) in [6.07, 6.45) is 1.98. The van der Waals surface area contributed by atoms with Crippen LogP contribution in [0.2, 0.25) is 0 Å². The minimum absolute atomic E-state index is 0.0525. The second-order valence-corrected chi connectivity index (χ2v) is 15.3. The molecule has 5 aromatic carbocycles. The van der Waals surface area contributed by atoms with Gasteiger partial charge in [-0.1, -0.05) is 163 Å². The molecule has 51 heavy (non-hydrogen) atoms. The first-order valence-electron chi connectivity index (χ1n) is 17.7. The monoisotopic (exact) mass is 662 g/mol. The number of pyridine rings is 1. The Hall–Kier alpha value is -5.74. The van der Waals surface area contributed by atoms with Crippen molar-refractivity contribution in [1.82, 2.24) is 19.9 Å². The van der Waals surface area contributed by atoms with E-state index in [1.165, 1.54) is 11.1 Å². The van der Waals surface area contributed by atoms with Gasteiger partial charge in [0, 0.05) is 34.0 Å². The summed E-state index contributed by atoms with van der Waals surface area (Å²) in [5.74, 6) is 1.92. The van der Waals surface area contributed by atoms with Crippen LogP contribution in [0.1, 0.15) is 52.7 Å². The lowest BCUT2D eigenvalue weighted by Gasteiger charge is -2.44. The zero-order chi connectivity index (χ0) is 35.4. The molecule has 250 valence electrons. The lowest BCUT2D eigenvalue weighted by Crippen LogP contribution is -2.42. The maximum atomic E-state index is 5.00. The Morgan fingerprint density at radius 1 is 0.353 bits per heavy atom. The summed E-state index contributed by atoms with van der Waals surface area (Å²) in [5.41, 5.74) is 12.5. The Labute approximate surface area is 301 Å². The minimum atomic E-state index is 0.0525. The summed E-state index contributed by atoms with van der Waals surface area (Å²) in [5, 5.41) is 0. The molecule has 0 unspecified atom stereocenters. The van der Waals surface area contributed by atoms with E-state index in [2.05, 4.69) is 145 Å². The first kappa shape index (κ1) is 32.5. The van der Waals surface area contributed by atoms with E-state index in [1.54, 1.807) is 0 Å². The molecule has 1 aliphatic rings. The van der Waals surface area contributed by atoms with Gasteiger partial charge in [-0.25, -0.2) is 15.0 Å². The molecule has 0 saturated heterocycles. The average molecular weight is 663 g/mol. The third-order valence-corrected chi connectivity index (χ3v) is 11.9. The fourth-order valence-electron chi connectivity index (χ4n) is 7.59. The van der Waals surface area contributed by atoms with Gasteiger partial charge in [-0.3, -0.25) is 4.98 Å². The van der Waals surface area contributed by atoms with Gasteiger partial charge < -0.3 is 0 Å². The number of nitrogens with zero attached hydrogens (tertiary/aromatic N) is 4. The van der Waals surface area contributed by atoms with E-state index in [1.807, 2.05) is 42.6 Å². The molecule has 7 aromatic rings. The van der Waals surface area contributed by atoms with E-state index < -0.39 is 0 Å². The van der Waals surface area contributed by atoms with Crippen LogP contribution in [-0.2, 0) is 10.8 Å². The molecule has 4 nitrogen and oxygen atoms in total. The highest BCUT2D eigenvalue weighted by Crippen LogP contribution is 2.61. The van der Waals surface area contributed by atoms with Crippen molar-refractivity contribution in [2.45, 2.75) is 52.4 Å². The molecule has 0 aliphatic heterocycles. The summed E-state index contributed by atoms with van der Waals surface area (Å²) in [6, 6.07) is 48.5. The highest BCUT2D eigenvalue weighted by molar-refractivity contribution is 5.74. The quantitative estimate of drug-likeness (QED) is 0.178. The number of hydrogen-bond donors (Lipinski definition) is 0. The van der Waals surface area contributed by atoms with E-state index >= 15 is 0 Å². The van der Waals surface area contributed by atoms with Crippen molar-refractivity contribution in [3.8, 4) is 67.7 Å². The second kappa shape index (κ2) is 12.2. The molecule has 0 fully saturated rings. The highest BCUT2D eigenvalue weighted by Gasteiger charge is 2.56. The normalized spacial score (nSPS) is 15.3. The summed E-state index contributed by atoms with van der Waals surface area (Å²) >= 11 is 0. The molecular weight excluding hydrogens is 621 g/mol. The molecule has 1 aliphatic carbocycles. The van der Waals surface area contributed by atoms with Gasteiger partial charge >= 0.3 is 0 Å². The highest BCUT2D eigenvalue weighted by atomic mass is 15.0. The lowest BCUT2D eigenvalue weighted by molar-refractivity contribution is 0.125. The van der Waals surface area contributed by atoms with Crippen LogP contribution in [0.5, 0.6) is 0 Å². The van der Waals surface area contributed by atoms with Crippen LogP contribution in [0.3, 0.4) is 0 Å². The summed E-state index contributed by atoms with van der Waals surface area (Å²) in [4.78, 5) is 19.8. The number of hydrogen-bond acceptors (Lipinski definition) is 4. The van der Waals surface area contributed by atoms with Crippen LogP contribution in [-0.4, -0.2) is 19.9 Å². The molecular formula is C47H42N4. The average Bonchev–Trinajstić information content (AvgIpc) is 3.28. The van der Waals surface area contributed by atoms with Crippen molar-refractivity contribution in [2.24, 2.45) is 5.41 Å². The number of fused-ring (bicyclic) bond motifs is 1. The van der Waals surface area contributed by atoms with Gasteiger partial charge in [0.15, 0.2) is 17.5 Å². The van der Waals surface area contributed by atoms with E-state index in [9.17, 15) is 0 Å².